The quantitative estimate of drug-likeness (QED) is 0.880. The lowest BCUT2D eigenvalue weighted by molar-refractivity contribution is -0.131. The zero-order valence-electron chi connectivity index (χ0n) is 14.0. The second-order valence-electron chi connectivity index (χ2n) is 7.20. The number of carbonyl (C=O) groups is 1. The second kappa shape index (κ2) is 6.61. The van der Waals surface area contributed by atoms with Crippen molar-refractivity contribution in [3.8, 4) is 0 Å². The molecule has 0 saturated carbocycles. The van der Waals surface area contributed by atoms with Gasteiger partial charge in [0.2, 0.25) is 5.91 Å². The molecule has 6 heteroatoms. The molecule has 0 radical (unpaired) electrons. The van der Waals surface area contributed by atoms with Gasteiger partial charge in [-0.05, 0) is 17.4 Å². The number of hydrogen-bond donors (Lipinski definition) is 1. The molecule has 1 aromatic carbocycles. The molecule has 1 fully saturated rings. The number of nitrogens with zero attached hydrogens (tertiary/aromatic N) is 1. The highest BCUT2D eigenvalue weighted by atomic mass is 32.2. The van der Waals surface area contributed by atoms with E-state index in [9.17, 15) is 13.2 Å². The Hall–Kier alpha value is -1.40. The maximum atomic E-state index is 12.5. The molecule has 0 spiro atoms. The van der Waals surface area contributed by atoms with Crippen molar-refractivity contribution < 1.29 is 13.2 Å². The minimum absolute atomic E-state index is 0.0342. The fourth-order valence-corrected chi connectivity index (χ4v) is 3.93. The summed E-state index contributed by atoms with van der Waals surface area (Å²) in [5.74, 6) is 0.0501. The topological polar surface area (TPSA) is 80.5 Å². The summed E-state index contributed by atoms with van der Waals surface area (Å²) in [7, 11) is -3.10. The van der Waals surface area contributed by atoms with E-state index < -0.39 is 15.9 Å². The van der Waals surface area contributed by atoms with Crippen LogP contribution < -0.4 is 5.73 Å². The molecule has 1 aliphatic heterocycles. The average molecular weight is 338 g/mol. The zero-order chi connectivity index (χ0) is 17.3. The molecule has 1 aliphatic rings. The van der Waals surface area contributed by atoms with Gasteiger partial charge >= 0.3 is 0 Å². The van der Waals surface area contributed by atoms with Crippen molar-refractivity contribution in [1.29, 1.82) is 0 Å². The smallest absolute Gasteiger partial charge is 0.239 e. The molecule has 1 saturated heterocycles. The number of benzene rings is 1. The van der Waals surface area contributed by atoms with Gasteiger partial charge in [0.25, 0.3) is 0 Å². The largest absolute Gasteiger partial charge is 0.340 e. The molecule has 1 aromatic rings. The highest BCUT2D eigenvalue weighted by Gasteiger charge is 2.42. The molecule has 0 aliphatic carbocycles. The van der Waals surface area contributed by atoms with Gasteiger partial charge in [-0.25, -0.2) is 8.42 Å². The van der Waals surface area contributed by atoms with E-state index in [2.05, 4.69) is 26.0 Å². The fourth-order valence-electron chi connectivity index (χ4n) is 3.24. The fraction of sp³-hybridized carbons (Fsp3) is 0.588. The Labute approximate surface area is 138 Å². The molecule has 2 rings (SSSR count). The molecule has 0 bridgehead atoms. The summed E-state index contributed by atoms with van der Waals surface area (Å²) < 4.78 is 22.5. The van der Waals surface area contributed by atoms with E-state index in [-0.39, 0.29) is 29.4 Å². The maximum absolute atomic E-state index is 12.5. The Balaban J connectivity index is 2.06. The third-order valence-electron chi connectivity index (χ3n) is 4.58. The molecule has 2 atom stereocenters. The van der Waals surface area contributed by atoms with Crippen LogP contribution in [0.4, 0.5) is 0 Å². The molecule has 23 heavy (non-hydrogen) atoms. The first-order chi connectivity index (χ1) is 10.6. The summed E-state index contributed by atoms with van der Waals surface area (Å²) >= 11 is 0. The van der Waals surface area contributed by atoms with E-state index in [0.717, 1.165) is 6.26 Å². The second-order valence-corrected chi connectivity index (χ2v) is 9.46. The predicted molar refractivity (Wildman–Crippen MR) is 91.8 cm³/mol. The Bertz CT molecular complexity index is 656. The van der Waals surface area contributed by atoms with Gasteiger partial charge in [-0.2, -0.15) is 0 Å². The van der Waals surface area contributed by atoms with E-state index >= 15 is 0 Å². The van der Waals surface area contributed by atoms with E-state index in [1.54, 1.807) is 4.90 Å². The lowest BCUT2D eigenvalue weighted by Crippen LogP contribution is -2.44. The van der Waals surface area contributed by atoms with Gasteiger partial charge in [0.05, 0.1) is 11.8 Å². The standard InChI is InChI=1S/C17H26N2O3S/c1-17(2)12-19(11-14(17)13-7-5-4-6-8-13)16(20)15(18)9-10-23(3,21)22/h4-8,14-15H,9-12,18H2,1-3H3/t14-,15+/m0/s1. The van der Waals surface area contributed by atoms with Gasteiger partial charge in [-0.3, -0.25) is 4.79 Å². The van der Waals surface area contributed by atoms with Crippen LogP contribution >= 0.6 is 0 Å². The summed E-state index contributed by atoms with van der Waals surface area (Å²) in [6, 6.07) is 9.42. The summed E-state index contributed by atoms with van der Waals surface area (Å²) in [6.07, 6.45) is 1.33. The van der Waals surface area contributed by atoms with E-state index in [0.29, 0.717) is 13.1 Å². The first-order valence-corrected chi connectivity index (χ1v) is 9.93. The van der Waals surface area contributed by atoms with Crippen LogP contribution in [0.3, 0.4) is 0 Å². The van der Waals surface area contributed by atoms with Crippen molar-refractivity contribution in [2.24, 2.45) is 11.1 Å². The van der Waals surface area contributed by atoms with Crippen LogP contribution in [0.1, 0.15) is 31.7 Å². The molecule has 0 unspecified atom stereocenters. The van der Waals surface area contributed by atoms with Crippen LogP contribution in [0, 0.1) is 5.41 Å². The van der Waals surface area contributed by atoms with Gasteiger partial charge in [-0.1, -0.05) is 44.2 Å². The van der Waals surface area contributed by atoms with E-state index in [1.165, 1.54) is 5.56 Å². The number of likely N-dealkylation sites (tertiary alicyclic amines) is 1. The van der Waals surface area contributed by atoms with Crippen molar-refractivity contribution in [3.63, 3.8) is 0 Å². The summed E-state index contributed by atoms with van der Waals surface area (Å²) in [5, 5.41) is 0. The average Bonchev–Trinajstić information content (AvgIpc) is 2.79. The highest BCUT2D eigenvalue weighted by Crippen LogP contribution is 2.42. The Kier molecular flexibility index (Phi) is 5.16. The van der Waals surface area contributed by atoms with Gasteiger partial charge in [0.15, 0.2) is 0 Å². The molecule has 1 amide bonds. The first kappa shape index (κ1) is 17.9. The van der Waals surface area contributed by atoms with Gasteiger partial charge < -0.3 is 10.6 Å². The van der Waals surface area contributed by atoms with Gasteiger partial charge in [0.1, 0.15) is 9.84 Å². The highest BCUT2D eigenvalue weighted by molar-refractivity contribution is 7.90. The monoisotopic (exact) mass is 338 g/mol. The van der Waals surface area contributed by atoms with E-state index in [1.807, 2.05) is 18.2 Å². The minimum Gasteiger partial charge on any atom is -0.340 e. The molecule has 5 nitrogen and oxygen atoms in total. The Morgan fingerprint density at radius 3 is 2.52 bits per heavy atom. The summed E-state index contributed by atoms with van der Waals surface area (Å²) in [6.45, 7) is 5.57. The third kappa shape index (κ3) is 4.54. The lowest BCUT2D eigenvalue weighted by Gasteiger charge is -2.25. The SMILES string of the molecule is CC1(C)CN(C(=O)[C@H](N)CCS(C)(=O)=O)C[C@H]1c1ccccc1. The van der Waals surface area contributed by atoms with Crippen molar-refractivity contribution in [2.45, 2.75) is 32.2 Å². The number of sulfone groups is 1. The van der Waals surface area contributed by atoms with Crippen molar-refractivity contribution in [3.05, 3.63) is 35.9 Å². The summed E-state index contributed by atoms with van der Waals surface area (Å²) in [4.78, 5) is 14.3. The van der Waals surface area contributed by atoms with Crippen LogP contribution in [-0.2, 0) is 14.6 Å². The van der Waals surface area contributed by atoms with Crippen LogP contribution in [0.5, 0.6) is 0 Å². The number of carbonyl (C=O) groups excluding carboxylic acids is 1. The Morgan fingerprint density at radius 2 is 1.96 bits per heavy atom. The normalized spacial score (nSPS) is 22.1. The van der Waals surface area contributed by atoms with Gasteiger partial charge in [-0.15, -0.1) is 0 Å². The van der Waals surface area contributed by atoms with Gasteiger partial charge in [0, 0.05) is 25.3 Å². The maximum Gasteiger partial charge on any atom is 0.239 e. The molecule has 2 N–H and O–H groups in total. The van der Waals surface area contributed by atoms with Crippen LogP contribution in [0.25, 0.3) is 0 Å². The number of nitrogens with two attached hydrogens (primary N) is 1. The molecule has 0 aromatic heterocycles. The zero-order valence-corrected chi connectivity index (χ0v) is 14.8. The lowest BCUT2D eigenvalue weighted by atomic mass is 9.78. The van der Waals surface area contributed by atoms with Crippen molar-refractivity contribution in [1.82, 2.24) is 4.90 Å². The third-order valence-corrected chi connectivity index (χ3v) is 5.55. The van der Waals surface area contributed by atoms with Crippen molar-refractivity contribution >= 4 is 15.7 Å². The number of hydrogen-bond acceptors (Lipinski definition) is 4. The molecular formula is C17H26N2O3S. The van der Waals surface area contributed by atoms with Crippen LogP contribution in [-0.4, -0.2) is 50.4 Å². The minimum atomic E-state index is -3.10. The predicted octanol–water partition coefficient (Wildman–Crippen LogP) is 1.40. The van der Waals surface area contributed by atoms with E-state index in [4.69, 9.17) is 5.73 Å². The Morgan fingerprint density at radius 1 is 1.35 bits per heavy atom. The van der Waals surface area contributed by atoms with Crippen LogP contribution in [0.15, 0.2) is 30.3 Å². The van der Waals surface area contributed by atoms with Crippen molar-refractivity contribution in [2.75, 3.05) is 25.1 Å². The number of rotatable bonds is 5. The molecule has 128 valence electrons. The first-order valence-electron chi connectivity index (χ1n) is 7.87. The molecular weight excluding hydrogens is 312 g/mol. The summed E-state index contributed by atoms with van der Waals surface area (Å²) in [5.41, 5.74) is 7.11. The number of amides is 1. The molecule has 1 heterocycles. The van der Waals surface area contributed by atoms with Crippen LogP contribution in [0.2, 0.25) is 0 Å².